The molecule has 0 radical (unpaired) electrons. The van der Waals surface area contributed by atoms with Crippen LogP contribution in [-0.4, -0.2) is 51.7 Å². The molecule has 0 amide bonds. The van der Waals surface area contributed by atoms with Crippen molar-refractivity contribution < 1.29 is 8.42 Å². The van der Waals surface area contributed by atoms with E-state index in [1.807, 2.05) is 6.07 Å². The Hall–Kier alpha value is -1.56. The SMILES string of the molecule is CN=C(NCCS(=O)(=O)c1ccccc1)N1CCC(CC(C)C)C1. The molecule has 5 nitrogen and oxygen atoms in total. The van der Waals surface area contributed by atoms with Gasteiger partial charge in [0.05, 0.1) is 10.6 Å². The van der Waals surface area contributed by atoms with Gasteiger partial charge in [-0.3, -0.25) is 4.99 Å². The van der Waals surface area contributed by atoms with Crippen molar-refractivity contribution in [1.82, 2.24) is 10.2 Å². The number of hydrogen-bond acceptors (Lipinski definition) is 3. The summed E-state index contributed by atoms with van der Waals surface area (Å²) in [6.45, 7) is 6.87. The van der Waals surface area contributed by atoms with Crippen LogP contribution in [0.1, 0.15) is 26.7 Å². The first kappa shape index (κ1) is 18.8. The number of benzene rings is 1. The number of nitrogens with one attached hydrogen (secondary N) is 1. The largest absolute Gasteiger partial charge is 0.355 e. The predicted molar refractivity (Wildman–Crippen MR) is 99.0 cm³/mol. The fourth-order valence-electron chi connectivity index (χ4n) is 3.26. The van der Waals surface area contributed by atoms with Gasteiger partial charge in [0.1, 0.15) is 0 Å². The number of likely N-dealkylation sites (tertiary alicyclic amines) is 1. The van der Waals surface area contributed by atoms with Gasteiger partial charge in [0.25, 0.3) is 0 Å². The fraction of sp³-hybridized carbons (Fsp3) is 0.611. The van der Waals surface area contributed by atoms with E-state index in [0.29, 0.717) is 23.3 Å². The average molecular weight is 352 g/mol. The molecule has 0 aromatic heterocycles. The van der Waals surface area contributed by atoms with Crippen molar-refractivity contribution in [3.63, 3.8) is 0 Å². The third kappa shape index (κ3) is 5.23. The minimum Gasteiger partial charge on any atom is -0.355 e. The molecule has 134 valence electrons. The van der Waals surface area contributed by atoms with Crippen LogP contribution in [0.3, 0.4) is 0 Å². The van der Waals surface area contributed by atoms with E-state index in [1.54, 1.807) is 31.3 Å². The Balaban J connectivity index is 1.85. The molecule has 1 aliphatic heterocycles. The van der Waals surface area contributed by atoms with Crippen LogP contribution in [0.25, 0.3) is 0 Å². The summed E-state index contributed by atoms with van der Waals surface area (Å²) in [7, 11) is -1.50. The first-order valence-electron chi connectivity index (χ1n) is 8.65. The van der Waals surface area contributed by atoms with E-state index >= 15 is 0 Å². The van der Waals surface area contributed by atoms with Crippen LogP contribution in [0.2, 0.25) is 0 Å². The summed E-state index contributed by atoms with van der Waals surface area (Å²) in [5, 5.41) is 3.21. The Morgan fingerprint density at radius 2 is 2.04 bits per heavy atom. The second kappa shape index (κ2) is 8.51. The molecule has 1 heterocycles. The third-order valence-corrected chi connectivity index (χ3v) is 6.09. The summed E-state index contributed by atoms with van der Waals surface area (Å²) in [6.07, 6.45) is 2.41. The Morgan fingerprint density at radius 1 is 1.33 bits per heavy atom. The fourth-order valence-corrected chi connectivity index (χ4v) is 4.44. The number of hydrogen-bond donors (Lipinski definition) is 1. The first-order chi connectivity index (χ1) is 11.4. The lowest BCUT2D eigenvalue weighted by Gasteiger charge is -2.22. The van der Waals surface area contributed by atoms with Gasteiger partial charge in [-0.15, -0.1) is 0 Å². The summed E-state index contributed by atoms with van der Waals surface area (Å²) in [6, 6.07) is 8.60. The number of guanidine groups is 1. The third-order valence-electron chi connectivity index (χ3n) is 4.36. The van der Waals surface area contributed by atoms with E-state index in [4.69, 9.17) is 0 Å². The van der Waals surface area contributed by atoms with Crippen molar-refractivity contribution >= 4 is 15.8 Å². The van der Waals surface area contributed by atoms with E-state index in [1.165, 1.54) is 12.8 Å². The van der Waals surface area contributed by atoms with Crippen molar-refractivity contribution in [2.75, 3.05) is 32.4 Å². The molecule has 2 rings (SSSR count). The van der Waals surface area contributed by atoms with Crippen LogP contribution in [0, 0.1) is 11.8 Å². The summed E-state index contributed by atoms with van der Waals surface area (Å²) in [5.41, 5.74) is 0. The van der Waals surface area contributed by atoms with Crippen molar-refractivity contribution in [3.8, 4) is 0 Å². The minimum absolute atomic E-state index is 0.0687. The normalized spacial score (nSPS) is 19.1. The van der Waals surface area contributed by atoms with Gasteiger partial charge >= 0.3 is 0 Å². The highest BCUT2D eigenvalue weighted by molar-refractivity contribution is 7.91. The molecule has 1 unspecified atom stereocenters. The molecule has 0 bridgehead atoms. The van der Waals surface area contributed by atoms with Gasteiger partial charge in [-0.2, -0.15) is 0 Å². The summed E-state index contributed by atoms with van der Waals surface area (Å²) in [5.74, 6) is 2.29. The molecular formula is C18H29N3O2S. The zero-order chi connectivity index (χ0) is 17.6. The van der Waals surface area contributed by atoms with Crippen LogP contribution in [0.5, 0.6) is 0 Å². The Bertz CT molecular complexity index is 641. The van der Waals surface area contributed by atoms with Crippen LogP contribution in [0.15, 0.2) is 40.2 Å². The van der Waals surface area contributed by atoms with Crippen LogP contribution in [0.4, 0.5) is 0 Å². The molecule has 0 spiro atoms. The van der Waals surface area contributed by atoms with E-state index in [0.717, 1.165) is 19.0 Å². The average Bonchev–Trinajstić information content (AvgIpc) is 3.00. The lowest BCUT2D eigenvalue weighted by molar-refractivity contribution is 0.404. The van der Waals surface area contributed by atoms with Gasteiger partial charge in [0, 0.05) is 26.7 Å². The smallest absolute Gasteiger partial charge is 0.193 e. The quantitative estimate of drug-likeness (QED) is 0.631. The lowest BCUT2D eigenvalue weighted by Crippen LogP contribution is -2.41. The van der Waals surface area contributed by atoms with E-state index in [9.17, 15) is 8.42 Å². The zero-order valence-electron chi connectivity index (χ0n) is 14.9. The maximum absolute atomic E-state index is 12.3. The molecule has 1 fully saturated rings. The second-order valence-electron chi connectivity index (χ2n) is 6.84. The molecule has 24 heavy (non-hydrogen) atoms. The molecule has 0 saturated carbocycles. The monoisotopic (exact) mass is 351 g/mol. The van der Waals surface area contributed by atoms with Gasteiger partial charge < -0.3 is 10.2 Å². The van der Waals surface area contributed by atoms with Crippen molar-refractivity contribution in [3.05, 3.63) is 30.3 Å². The molecule has 1 aliphatic rings. The molecule has 1 aromatic rings. The molecule has 6 heteroatoms. The number of sulfone groups is 1. The van der Waals surface area contributed by atoms with E-state index < -0.39 is 9.84 Å². The maximum Gasteiger partial charge on any atom is 0.193 e. The highest BCUT2D eigenvalue weighted by Crippen LogP contribution is 2.23. The number of nitrogens with zero attached hydrogens (tertiary/aromatic N) is 2. The second-order valence-corrected chi connectivity index (χ2v) is 8.95. The van der Waals surface area contributed by atoms with E-state index in [-0.39, 0.29) is 5.75 Å². The lowest BCUT2D eigenvalue weighted by atomic mass is 9.97. The van der Waals surface area contributed by atoms with Crippen LogP contribution >= 0.6 is 0 Å². The van der Waals surface area contributed by atoms with Gasteiger partial charge in [-0.1, -0.05) is 32.0 Å². The Labute approximate surface area is 146 Å². The molecule has 0 aliphatic carbocycles. The van der Waals surface area contributed by atoms with E-state index in [2.05, 4.69) is 29.1 Å². The first-order valence-corrected chi connectivity index (χ1v) is 10.3. The summed E-state index contributed by atoms with van der Waals surface area (Å²) in [4.78, 5) is 6.93. The number of aliphatic imine (C=N–C) groups is 1. The molecule has 1 saturated heterocycles. The van der Waals surface area contributed by atoms with Gasteiger partial charge in [-0.05, 0) is 36.8 Å². The standard InChI is InChI=1S/C18H29N3O2S/c1-15(2)13-16-9-11-21(14-16)18(19-3)20-10-12-24(22,23)17-7-5-4-6-8-17/h4-8,15-16H,9-14H2,1-3H3,(H,19,20). The number of rotatable bonds is 6. The van der Waals surface area contributed by atoms with Crippen molar-refractivity contribution in [1.29, 1.82) is 0 Å². The van der Waals surface area contributed by atoms with Gasteiger partial charge in [-0.25, -0.2) is 8.42 Å². The Morgan fingerprint density at radius 3 is 2.67 bits per heavy atom. The minimum atomic E-state index is -3.25. The summed E-state index contributed by atoms with van der Waals surface area (Å²) >= 11 is 0. The van der Waals surface area contributed by atoms with Gasteiger partial charge in [0.15, 0.2) is 15.8 Å². The zero-order valence-corrected chi connectivity index (χ0v) is 15.7. The highest BCUT2D eigenvalue weighted by Gasteiger charge is 2.25. The van der Waals surface area contributed by atoms with Gasteiger partial charge in [0.2, 0.25) is 0 Å². The van der Waals surface area contributed by atoms with Crippen LogP contribution in [-0.2, 0) is 9.84 Å². The summed E-state index contributed by atoms with van der Waals surface area (Å²) < 4.78 is 24.6. The highest BCUT2D eigenvalue weighted by atomic mass is 32.2. The van der Waals surface area contributed by atoms with Crippen molar-refractivity contribution in [2.24, 2.45) is 16.8 Å². The molecular weight excluding hydrogens is 322 g/mol. The predicted octanol–water partition coefficient (Wildman–Crippen LogP) is 2.40. The molecule has 1 atom stereocenters. The van der Waals surface area contributed by atoms with Crippen molar-refractivity contribution in [2.45, 2.75) is 31.6 Å². The van der Waals surface area contributed by atoms with Crippen LogP contribution < -0.4 is 5.32 Å². The Kier molecular flexibility index (Phi) is 6.66. The maximum atomic E-state index is 12.3. The molecule has 1 N–H and O–H groups in total. The molecule has 1 aromatic carbocycles. The topological polar surface area (TPSA) is 61.8 Å².